The molecule has 0 atom stereocenters. The Balaban J connectivity index is 2.25. The number of benzene rings is 1. The van der Waals surface area contributed by atoms with E-state index in [-0.39, 0.29) is 0 Å². The number of sulfonamides is 1. The van der Waals surface area contributed by atoms with Crippen LogP contribution in [0.25, 0.3) is 0 Å². The van der Waals surface area contributed by atoms with Gasteiger partial charge in [0.05, 0.1) is 23.5 Å². The summed E-state index contributed by atoms with van der Waals surface area (Å²) < 4.78 is 25.0. The first-order chi connectivity index (χ1) is 8.85. The fourth-order valence-electron chi connectivity index (χ4n) is 1.99. The Labute approximate surface area is 118 Å². The Morgan fingerprint density at radius 3 is 2.74 bits per heavy atom. The van der Waals surface area contributed by atoms with Gasteiger partial charge in [0.2, 0.25) is 10.0 Å². The number of halogens is 1. The molecular weight excluding hydrogens is 286 g/mol. The van der Waals surface area contributed by atoms with E-state index in [0.717, 1.165) is 36.3 Å². The molecule has 0 spiro atoms. The Morgan fingerprint density at radius 1 is 1.47 bits per heavy atom. The second-order valence-electron chi connectivity index (χ2n) is 4.58. The summed E-state index contributed by atoms with van der Waals surface area (Å²) in [4.78, 5) is 4.32. The molecule has 0 aromatic heterocycles. The fourth-order valence-corrected chi connectivity index (χ4v) is 3.02. The summed E-state index contributed by atoms with van der Waals surface area (Å²) in [5.74, 6) is 0.944. The molecule has 1 aromatic carbocycles. The van der Waals surface area contributed by atoms with Crippen LogP contribution in [0.15, 0.2) is 17.1 Å². The van der Waals surface area contributed by atoms with Crippen molar-refractivity contribution in [3.05, 3.63) is 28.3 Å². The zero-order valence-electron chi connectivity index (χ0n) is 10.8. The first-order valence-electron chi connectivity index (χ1n) is 5.89. The van der Waals surface area contributed by atoms with E-state index in [1.165, 1.54) is 0 Å². The molecule has 7 heteroatoms. The summed E-state index contributed by atoms with van der Waals surface area (Å²) in [5.41, 5.74) is 2.25. The molecule has 0 unspecified atom stereocenters. The van der Waals surface area contributed by atoms with Gasteiger partial charge in [0.15, 0.2) is 0 Å². The molecule has 0 radical (unpaired) electrons. The van der Waals surface area contributed by atoms with E-state index in [1.54, 1.807) is 6.07 Å². The van der Waals surface area contributed by atoms with Crippen LogP contribution < -0.4 is 10.0 Å². The molecule has 2 N–H and O–H groups in total. The molecule has 0 fully saturated rings. The molecule has 1 aromatic rings. The molecule has 1 aliphatic heterocycles. The summed E-state index contributed by atoms with van der Waals surface area (Å²) in [5, 5.41) is 3.59. The molecule has 0 aliphatic carbocycles. The minimum absolute atomic E-state index is 0.402. The van der Waals surface area contributed by atoms with Gasteiger partial charge in [0, 0.05) is 13.0 Å². The monoisotopic (exact) mass is 301 g/mol. The van der Waals surface area contributed by atoms with Crippen LogP contribution in [0.5, 0.6) is 0 Å². The van der Waals surface area contributed by atoms with E-state index in [2.05, 4.69) is 15.0 Å². The lowest BCUT2D eigenvalue weighted by molar-refractivity contribution is 0.607. The molecule has 0 bridgehead atoms. The quantitative estimate of drug-likeness (QED) is 0.887. The van der Waals surface area contributed by atoms with Gasteiger partial charge in [-0.2, -0.15) is 0 Å². The highest BCUT2D eigenvalue weighted by Crippen LogP contribution is 2.28. The second kappa shape index (κ2) is 5.38. The number of hydrogen-bond donors (Lipinski definition) is 2. The average molecular weight is 302 g/mol. The minimum atomic E-state index is -3.33. The van der Waals surface area contributed by atoms with Gasteiger partial charge in [0.25, 0.3) is 0 Å². The third-order valence-electron chi connectivity index (χ3n) is 2.75. The van der Waals surface area contributed by atoms with Crippen molar-refractivity contribution >= 4 is 33.1 Å². The van der Waals surface area contributed by atoms with Crippen molar-refractivity contribution < 1.29 is 8.42 Å². The van der Waals surface area contributed by atoms with Crippen LogP contribution in [0.1, 0.15) is 11.1 Å². The Kier molecular flexibility index (Phi) is 4.01. The van der Waals surface area contributed by atoms with Gasteiger partial charge in [-0.15, -0.1) is 0 Å². The van der Waals surface area contributed by atoms with Gasteiger partial charge < -0.3 is 5.32 Å². The van der Waals surface area contributed by atoms with Crippen LogP contribution in [0.4, 0.5) is 5.69 Å². The van der Waals surface area contributed by atoms with Crippen molar-refractivity contribution in [2.24, 2.45) is 4.99 Å². The largest absolute Gasteiger partial charge is 0.372 e. The van der Waals surface area contributed by atoms with Crippen LogP contribution >= 0.6 is 11.6 Å². The predicted molar refractivity (Wildman–Crippen MR) is 78.7 cm³/mol. The van der Waals surface area contributed by atoms with Crippen LogP contribution in [0, 0.1) is 6.92 Å². The van der Waals surface area contributed by atoms with Crippen molar-refractivity contribution in [2.75, 3.05) is 24.1 Å². The molecule has 0 saturated carbocycles. The van der Waals surface area contributed by atoms with Gasteiger partial charge in [-0.05, 0) is 24.1 Å². The van der Waals surface area contributed by atoms with Crippen LogP contribution in [0.2, 0.25) is 5.02 Å². The molecule has 104 valence electrons. The number of aliphatic imine (C=N–C) groups is 1. The summed E-state index contributed by atoms with van der Waals surface area (Å²) in [7, 11) is -3.33. The zero-order valence-corrected chi connectivity index (χ0v) is 12.4. The number of amidine groups is 1. The molecule has 5 nitrogen and oxygen atoms in total. The summed E-state index contributed by atoms with van der Waals surface area (Å²) in [6.07, 6.45) is 1.79. The number of hydrogen-bond acceptors (Lipinski definition) is 4. The maximum absolute atomic E-state index is 11.3. The van der Waals surface area contributed by atoms with Crippen molar-refractivity contribution in [1.29, 1.82) is 0 Å². The third kappa shape index (κ3) is 3.84. The molecule has 1 heterocycles. The first kappa shape index (κ1) is 14.1. The summed E-state index contributed by atoms with van der Waals surface area (Å²) >= 11 is 6.14. The Hall–Kier alpha value is -1.27. The van der Waals surface area contributed by atoms with Crippen LogP contribution in [0.3, 0.4) is 0 Å². The summed E-state index contributed by atoms with van der Waals surface area (Å²) in [6, 6.07) is 3.69. The SMILES string of the molecule is Cc1cc(CC2=NCCN2)cc(Cl)c1NS(C)(=O)=O. The molecule has 1 aliphatic rings. The minimum Gasteiger partial charge on any atom is -0.372 e. The number of nitrogens with zero attached hydrogens (tertiary/aromatic N) is 1. The van der Waals surface area contributed by atoms with Gasteiger partial charge in [-0.3, -0.25) is 9.71 Å². The fraction of sp³-hybridized carbons (Fsp3) is 0.417. The number of aryl methyl sites for hydroxylation is 1. The van der Waals surface area contributed by atoms with Crippen molar-refractivity contribution in [2.45, 2.75) is 13.3 Å². The molecule has 0 saturated heterocycles. The van der Waals surface area contributed by atoms with Crippen molar-refractivity contribution in [1.82, 2.24) is 5.32 Å². The third-order valence-corrected chi connectivity index (χ3v) is 3.62. The van der Waals surface area contributed by atoms with E-state index in [0.29, 0.717) is 17.1 Å². The van der Waals surface area contributed by atoms with Gasteiger partial charge >= 0.3 is 0 Å². The topological polar surface area (TPSA) is 70.6 Å². The maximum atomic E-state index is 11.3. The van der Waals surface area contributed by atoms with E-state index < -0.39 is 10.0 Å². The molecule has 0 amide bonds. The normalized spacial score (nSPS) is 15.0. The number of nitrogens with one attached hydrogen (secondary N) is 2. The lowest BCUT2D eigenvalue weighted by atomic mass is 10.1. The van der Waals surface area contributed by atoms with Gasteiger partial charge in [-0.1, -0.05) is 17.7 Å². The maximum Gasteiger partial charge on any atom is 0.229 e. The lowest BCUT2D eigenvalue weighted by Crippen LogP contribution is -2.20. The second-order valence-corrected chi connectivity index (χ2v) is 6.73. The van der Waals surface area contributed by atoms with Gasteiger partial charge in [-0.25, -0.2) is 8.42 Å². The van der Waals surface area contributed by atoms with E-state index in [9.17, 15) is 8.42 Å². The number of anilines is 1. The molecule has 2 rings (SSSR count). The predicted octanol–water partition coefficient (Wildman–Crippen LogP) is 1.56. The van der Waals surface area contributed by atoms with E-state index in [1.807, 2.05) is 13.0 Å². The highest BCUT2D eigenvalue weighted by Gasteiger charge is 2.13. The number of rotatable bonds is 4. The Morgan fingerprint density at radius 2 is 2.21 bits per heavy atom. The van der Waals surface area contributed by atoms with Crippen LogP contribution in [-0.4, -0.2) is 33.6 Å². The smallest absolute Gasteiger partial charge is 0.229 e. The molecular formula is C12H16ClN3O2S. The Bertz CT molecular complexity index is 603. The molecule has 19 heavy (non-hydrogen) atoms. The standard InChI is InChI=1S/C12H16ClN3O2S/c1-8-5-9(7-11-14-3-4-15-11)6-10(13)12(8)16-19(2,17)18/h5-6,16H,3-4,7H2,1-2H3,(H,14,15). The average Bonchev–Trinajstić information content (AvgIpc) is 2.75. The van der Waals surface area contributed by atoms with Crippen molar-refractivity contribution in [3.8, 4) is 0 Å². The van der Waals surface area contributed by atoms with Crippen molar-refractivity contribution in [3.63, 3.8) is 0 Å². The first-order valence-corrected chi connectivity index (χ1v) is 8.16. The highest BCUT2D eigenvalue weighted by molar-refractivity contribution is 7.92. The van der Waals surface area contributed by atoms with E-state index in [4.69, 9.17) is 11.6 Å². The lowest BCUT2D eigenvalue weighted by Gasteiger charge is -2.12. The zero-order chi connectivity index (χ0) is 14.0. The summed E-state index contributed by atoms with van der Waals surface area (Å²) in [6.45, 7) is 3.50. The van der Waals surface area contributed by atoms with Gasteiger partial charge in [0.1, 0.15) is 5.84 Å². The highest BCUT2D eigenvalue weighted by atomic mass is 35.5. The van der Waals surface area contributed by atoms with Crippen LogP contribution in [-0.2, 0) is 16.4 Å². The van der Waals surface area contributed by atoms with E-state index >= 15 is 0 Å².